The van der Waals surface area contributed by atoms with E-state index in [-0.39, 0.29) is 30.3 Å². The molecule has 3 aromatic rings. The molecule has 6 nitrogen and oxygen atoms in total. The number of ether oxygens (including phenoxy) is 2. The van der Waals surface area contributed by atoms with Crippen LogP contribution in [0.1, 0.15) is 54.0 Å². The minimum atomic E-state index is -0.648. The Morgan fingerprint density at radius 2 is 1.51 bits per heavy atom. The quantitative estimate of drug-likeness (QED) is 0.412. The van der Waals surface area contributed by atoms with Crippen molar-refractivity contribution in [3.63, 3.8) is 0 Å². The highest BCUT2D eigenvalue weighted by atomic mass is 35.5. The number of rotatable bonds is 5. The molecular weight excluding hydrogens is 488 g/mol. The zero-order valence-corrected chi connectivity index (χ0v) is 21.7. The second-order valence-electron chi connectivity index (χ2n) is 8.95. The van der Waals surface area contributed by atoms with Crippen LogP contribution in [0.15, 0.2) is 84.9 Å². The van der Waals surface area contributed by atoms with Crippen molar-refractivity contribution in [2.24, 2.45) is 0 Å². The SMILES string of the molecule is COc1ccc([C@H]2C/C=C\C[C@@H](c3cccc(Cl)c3)NC(=O)[C@H](c3ccccc3)CC(=O)N2)c(OC)c1. The van der Waals surface area contributed by atoms with Crippen LogP contribution in [-0.4, -0.2) is 26.0 Å². The molecule has 3 atom stereocenters. The van der Waals surface area contributed by atoms with Crippen molar-refractivity contribution in [2.45, 2.75) is 37.3 Å². The monoisotopic (exact) mass is 518 g/mol. The fourth-order valence-electron chi connectivity index (χ4n) is 4.59. The predicted octanol–water partition coefficient (Wildman–Crippen LogP) is 5.90. The average molecular weight is 519 g/mol. The molecule has 0 radical (unpaired) electrons. The molecule has 0 spiro atoms. The van der Waals surface area contributed by atoms with Crippen LogP contribution in [0.5, 0.6) is 11.5 Å². The predicted molar refractivity (Wildman–Crippen MR) is 145 cm³/mol. The Bertz CT molecular complexity index is 1260. The smallest absolute Gasteiger partial charge is 0.228 e. The van der Waals surface area contributed by atoms with Crippen molar-refractivity contribution >= 4 is 23.4 Å². The van der Waals surface area contributed by atoms with Gasteiger partial charge in [0, 0.05) is 23.1 Å². The summed E-state index contributed by atoms with van der Waals surface area (Å²) < 4.78 is 10.9. The molecule has 4 rings (SSSR count). The summed E-state index contributed by atoms with van der Waals surface area (Å²) in [7, 11) is 3.19. The molecule has 0 saturated heterocycles. The lowest BCUT2D eigenvalue weighted by molar-refractivity contribution is -0.128. The van der Waals surface area contributed by atoms with Crippen molar-refractivity contribution in [1.29, 1.82) is 0 Å². The molecule has 1 aliphatic rings. The first kappa shape index (κ1) is 26.3. The molecule has 0 bridgehead atoms. The normalized spacial score (nSPS) is 21.5. The molecule has 1 heterocycles. The summed E-state index contributed by atoms with van der Waals surface area (Å²) in [6.45, 7) is 0. The summed E-state index contributed by atoms with van der Waals surface area (Å²) in [5, 5.41) is 6.89. The third-order valence-electron chi connectivity index (χ3n) is 6.54. The van der Waals surface area contributed by atoms with Gasteiger partial charge >= 0.3 is 0 Å². The van der Waals surface area contributed by atoms with Crippen LogP contribution in [0.25, 0.3) is 0 Å². The molecule has 2 N–H and O–H groups in total. The van der Waals surface area contributed by atoms with Crippen LogP contribution in [0.2, 0.25) is 5.02 Å². The fourth-order valence-corrected chi connectivity index (χ4v) is 4.79. The number of methoxy groups -OCH3 is 2. The van der Waals surface area contributed by atoms with E-state index in [1.807, 2.05) is 78.9 Å². The number of carbonyl (C=O) groups excluding carboxylic acids is 2. The minimum Gasteiger partial charge on any atom is -0.497 e. The van der Waals surface area contributed by atoms with Gasteiger partial charge in [-0.3, -0.25) is 9.59 Å². The first-order valence-corrected chi connectivity index (χ1v) is 12.6. The van der Waals surface area contributed by atoms with Crippen molar-refractivity contribution in [3.8, 4) is 11.5 Å². The number of benzene rings is 3. The second kappa shape index (κ2) is 12.5. The molecule has 1 aliphatic heterocycles. The maximum absolute atomic E-state index is 13.6. The summed E-state index contributed by atoms with van der Waals surface area (Å²) in [5.41, 5.74) is 2.53. The van der Waals surface area contributed by atoms with Gasteiger partial charge in [-0.25, -0.2) is 0 Å². The van der Waals surface area contributed by atoms with Crippen molar-refractivity contribution in [1.82, 2.24) is 10.6 Å². The van der Waals surface area contributed by atoms with E-state index in [1.54, 1.807) is 20.3 Å². The maximum atomic E-state index is 13.6. The number of carbonyl (C=O) groups is 2. The highest BCUT2D eigenvalue weighted by Crippen LogP contribution is 2.33. The van der Waals surface area contributed by atoms with E-state index in [1.165, 1.54) is 0 Å². The number of nitrogens with one attached hydrogen (secondary N) is 2. The molecule has 192 valence electrons. The number of hydrogen-bond acceptors (Lipinski definition) is 4. The average Bonchev–Trinajstić information content (AvgIpc) is 2.92. The lowest BCUT2D eigenvalue weighted by atomic mass is 9.92. The van der Waals surface area contributed by atoms with Crippen molar-refractivity contribution in [3.05, 3.63) is 107 Å². The first-order chi connectivity index (χ1) is 18.0. The van der Waals surface area contributed by atoms with Crippen LogP contribution in [0, 0.1) is 0 Å². The Hall–Kier alpha value is -3.77. The van der Waals surface area contributed by atoms with E-state index in [0.717, 1.165) is 16.7 Å². The van der Waals surface area contributed by atoms with Gasteiger partial charge in [0.15, 0.2) is 0 Å². The Labute approximate surface area is 222 Å². The van der Waals surface area contributed by atoms with Crippen LogP contribution in [0.4, 0.5) is 0 Å². The highest BCUT2D eigenvalue weighted by molar-refractivity contribution is 6.30. The molecule has 0 aliphatic carbocycles. The first-order valence-electron chi connectivity index (χ1n) is 12.3. The molecule has 7 heteroatoms. The molecule has 37 heavy (non-hydrogen) atoms. The van der Waals surface area contributed by atoms with E-state index in [0.29, 0.717) is 29.4 Å². The summed E-state index contributed by atoms with van der Waals surface area (Å²) in [5.74, 6) is 0.212. The lowest BCUT2D eigenvalue weighted by Crippen LogP contribution is -2.37. The Morgan fingerprint density at radius 1 is 0.784 bits per heavy atom. The number of hydrogen-bond donors (Lipinski definition) is 2. The summed E-state index contributed by atoms with van der Waals surface area (Å²) in [6.07, 6.45) is 5.19. The third-order valence-corrected chi connectivity index (χ3v) is 6.77. The van der Waals surface area contributed by atoms with E-state index in [2.05, 4.69) is 10.6 Å². The summed E-state index contributed by atoms with van der Waals surface area (Å²) >= 11 is 6.26. The van der Waals surface area contributed by atoms with Gasteiger partial charge in [0.05, 0.1) is 32.2 Å². The third kappa shape index (κ3) is 6.71. The van der Waals surface area contributed by atoms with Gasteiger partial charge in [0.1, 0.15) is 11.5 Å². The number of amides is 2. The van der Waals surface area contributed by atoms with Gasteiger partial charge in [-0.15, -0.1) is 0 Å². The van der Waals surface area contributed by atoms with E-state index >= 15 is 0 Å². The maximum Gasteiger partial charge on any atom is 0.228 e. The molecule has 0 unspecified atom stereocenters. The molecule has 0 aromatic heterocycles. The zero-order valence-electron chi connectivity index (χ0n) is 20.9. The van der Waals surface area contributed by atoms with Crippen LogP contribution in [0.3, 0.4) is 0 Å². The van der Waals surface area contributed by atoms with E-state index in [4.69, 9.17) is 21.1 Å². The van der Waals surface area contributed by atoms with Crippen LogP contribution >= 0.6 is 11.6 Å². The van der Waals surface area contributed by atoms with E-state index in [9.17, 15) is 9.59 Å². The molecule has 2 amide bonds. The Balaban J connectivity index is 1.71. The van der Waals surface area contributed by atoms with Crippen molar-refractivity contribution in [2.75, 3.05) is 14.2 Å². The van der Waals surface area contributed by atoms with Gasteiger partial charge < -0.3 is 20.1 Å². The van der Waals surface area contributed by atoms with Gasteiger partial charge in [0.2, 0.25) is 11.8 Å². The molecule has 3 aromatic carbocycles. The second-order valence-corrected chi connectivity index (χ2v) is 9.39. The van der Waals surface area contributed by atoms with Crippen LogP contribution < -0.4 is 20.1 Å². The van der Waals surface area contributed by atoms with E-state index < -0.39 is 5.92 Å². The van der Waals surface area contributed by atoms with Gasteiger partial charge in [-0.1, -0.05) is 66.2 Å². The standard InChI is InChI=1S/C30H31ClN2O4/c1-36-23-15-16-24(28(18-23)37-2)27-14-7-6-13-26(21-11-8-12-22(31)17-21)33-30(35)25(19-29(34)32-27)20-9-4-3-5-10-20/h3-12,15-18,25-27H,13-14,19H2,1-2H3,(H,32,34)(H,33,35)/b7-6-/t25-,26-,27+/m0/s1. The molecular formula is C30H31ClN2O4. The lowest BCUT2D eigenvalue weighted by Gasteiger charge is -2.26. The zero-order chi connectivity index (χ0) is 26.2. The van der Waals surface area contributed by atoms with Crippen LogP contribution in [-0.2, 0) is 9.59 Å². The van der Waals surface area contributed by atoms with Gasteiger partial charge in [-0.05, 0) is 48.2 Å². The minimum absolute atomic E-state index is 0.0107. The van der Waals surface area contributed by atoms with Gasteiger partial charge in [0.25, 0.3) is 0 Å². The highest BCUT2D eigenvalue weighted by Gasteiger charge is 2.28. The molecule has 0 saturated carbocycles. The van der Waals surface area contributed by atoms with Crippen molar-refractivity contribution < 1.29 is 19.1 Å². The fraction of sp³-hybridized carbons (Fsp3) is 0.267. The summed E-state index contributed by atoms with van der Waals surface area (Å²) in [4.78, 5) is 26.9. The summed E-state index contributed by atoms with van der Waals surface area (Å²) in [6, 6.07) is 21.8. The largest absolute Gasteiger partial charge is 0.497 e. The number of halogens is 1. The van der Waals surface area contributed by atoms with Gasteiger partial charge in [-0.2, -0.15) is 0 Å². The Kier molecular flexibility index (Phi) is 8.86. The Morgan fingerprint density at radius 3 is 2.22 bits per heavy atom. The molecule has 0 fully saturated rings. The topological polar surface area (TPSA) is 76.7 Å².